The van der Waals surface area contributed by atoms with Crippen LogP contribution in [0, 0.1) is 5.92 Å². The average molecular weight is 297 g/mol. The molecule has 2 aromatic rings. The van der Waals surface area contributed by atoms with Gasteiger partial charge in [0.25, 0.3) is 0 Å². The molecule has 5 heteroatoms. The van der Waals surface area contributed by atoms with Crippen molar-refractivity contribution in [2.45, 2.75) is 25.7 Å². The normalized spacial score (nSPS) is 16.6. The van der Waals surface area contributed by atoms with E-state index in [9.17, 15) is 0 Å². The van der Waals surface area contributed by atoms with E-state index in [1.54, 1.807) is 12.1 Å². The minimum absolute atomic E-state index is 0.275. The predicted molar refractivity (Wildman–Crippen MR) is 77.5 cm³/mol. The van der Waals surface area contributed by atoms with Crippen LogP contribution >= 0.6 is 23.2 Å². The summed E-state index contributed by atoms with van der Waals surface area (Å²) in [5.41, 5.74) is 8.24. The molecule has 0 amide bonds. The zero-order valence-electron chi connectivity index (χ0n) is 10.5. The maximum Gasteiger partial charge on any atom is 0.230 e. The van der Waals surface area contributed by atoms with E-state index in [1.807, 2.05) is 6.07 Å². The van der Waals surface area contributed by atoms with Crippen molar-refractivity contribution in [1.82, 2.24) is 5.16 Å². The van der Waals surface area contributed by atoms with Gasteiger partial charge in [0.15, 0.2) is 0 Å². The van der Waals surface area contributed by atoms with Crippen molar-refractivity contribution in [3.63, 3.8) is 0 Å². The maximum atomic E-state index is 6.26. The zero-order valence-corrected chi connectivity index (χ0v) is 12.0. The van der Waals surface area contributed by atoms with Crippen LogP contribution in [0.4, 0.5) is 5.88 Å². The Morgan fingerprint density at radius 3 is 2.47 bits per heavy atom. The molecule has 0 bridgehead atoms. The van der Waals surface area contributed by atoms with E-state index < -0.39 is 0 Å². The van der Waals surface area contributed by atoms with Crippen molar-refractivity contribution in [3.05, 3.63) is 33.9 Å². The first-order valence-electron chi connectivity index (χ1n) is 6.29. The van der Waals surface area contributed by atoms with E-state index >= 15 is 0 Å². The highest BCUT2D eigenvalue weighted by molar-refractivity contribution is 6.39. The van der Waals surface area contributed by atoms with Crippen molar-refractivity contribution in [3.8, 4) is 11.1 Å². The molecule has 2 N–H and O–H groups in total. The molecule has 3 nitrogen and oxygen atoms in total. The Balaban J connectivity index is 2.16. The molecule has 1 aromatic carbocycles. The summed E-state index contributed by atoms with van der Waals surface area (Å²) in [6, 6.07) is 5.39. The monoisotopic (exact) mass is 296 g/mol. The summed E-state index contributed by atoms with van der Waals surface area (Å²) in [6.07, 6.45) is 2.45. The van der Waals surface area contributed by atoms with Crippen molar-refractivity contribution in [1.29, 1.82) is 0 Å². The second kappa shape index (κ2) is 4.73. The van der Waals surface area contributed by atoms with Gasteiger partial charge in [-0.3, -0.25) is 0 Å². The van der Waals surface area contributed by atoms with Gasteiger partial charge in [-0.25, -0.2) is 0 Å². The molecule has 19 heavy (non-hydrogen) atoms. The van der Waals surface area contributed by atoms with Gasteiger partial charge in [0.05, 0.1) is 21.3 Å². The van der Waals surface area contributed by atoms with Gasteiger partial charge in [0.1, 0.15) is 0 Å². The molecule has 1 aliphatic rings. The van der Waals surface area contributed by atoms with Crippen molar-refractivity contribution in [2.24, 2.45) is 5.92 Å². The Morgan fingerprint density at radius 1 is 1.26 bits per heavy atom. The summed E-state index contributed by atoms with van der Waals surface area (Å²) in [5.74, 6) is 1.24. The summed E-state index contributed by atoms with van der Waals surface area (Å²) in [7, 11) is 0. The second-order valence-electron chi connectivity index (χ2n) is 5.03. The first kappa shape index (κ1) is 12.8. The quantitative estimate of drug-likeness (QED) is 0.889. The number of hydrogen-bond donors (Lipinski definition) is 1. The SMILES string of the molecule is CC(c1noc(N)c1-c1c(Cl)cccc1Cl)C1CC1. The summed E-state index contributed by atoms with van der Waals surface area (Å²) < 4.78 is 5.17. The molecule has 0 spiro atoms. The van der Waals surface area contributed by atoms with E-state index in [-0.39, 0.29) is 5.88 Å². The summed E-state index contributed by atoms with van der Waals surface area (Å²) in [4.78, 5) is 0. The highest BCUT2D eigenvalue weighted by Crippen LogP contribution is 2.48. The number of rotatable bonds is 3. The van der Waals surface area contributed by atoms with Crippen molar-refractivity contribution in [2.75, 3.05) is 5.73 Å². The number of nitrogen functional groups attached to an aromatic ring is 1. The Bertz CT molecular complexity index is 600. The van der Waals surface area contributed by atoms with Crippen LogP contribution in [0.1, 0.15) is 31.4 Å². The first-order valence-corrected chi connectivity index (χ1v) is 7.04. The topological polar surface area (TPSA) is 52.0 Å². The number of nitrogens with two attached hydrogens (primary N) is 1. The first-order chi connectivity index (χ1) is 9.09. The highest BCUT2D eigenvalue weighted by Gasteiger charge is 2.34. The van der Waals surface area contributed by atoms with E-state index in [1.165, 1.54) is 12.8 Å². The Hall–Kier alpha value is -1.19. The molecule has 1 heterocycles. The lowest BCUT2D eigenvalue weighted by molar-refractivity contribution is 0.417. The molecule has 0 radical (unpaired) electrons. The molecular weight excluding hydrogens is 283 g/mol. The van der Waals surface area contributed by atoms with E-state index in [0.29, 0.717) is 27.4 Å². The smallest absolute Gasteiger partial charge is 0.230 e. The number of nitrogens with zero attached hydrogens (tertiary/aromatic N) is 1. The van der Waals surface area contributed by atoms with Crippen LogP contribution in [-0.4, -0.2) is 5.16 Å². The average Bonchev–Trinajstić information content (AvgIpc) is 3.14. The number of hydrogen-bond acceptors (Lipinski definition) is 3. The molecular formula is C14H14Cl2N2O. The van der Waals surface area contributed by atoms with Crippen LogP contribution in [0.3, 0.4) is 0 Å². The fourth-order valence-electron chi connectivity index (χ4n) is 2.43. The van der Waals surface area contributed by atoms with Gasteiger partial charge in [-0.15, -0.1) is 0 Å². The van der Waals surface area contributed by atoms with Crippen LogP contribution in [0.15, 0.2) is 22.7 Å². The predicted octanol–water partition coefficient (Wildman–Crippen LogP) is 4.74. The standard InChI is InChI=1S/C14H14Cl2N2O/c1-7(8-5-6-8)13-12(14(17)19-18-13)11-9(15)3-2-4-10(11)16/h2-4,7-8H,5-6,17H2,1H3. The molecule has 1 aromatic heterocycles. The molecule has 1 fully saturated rings. The Kier molecular flexibility index (Phi) is 3.19. The van der Waals surface area contributed by atoms with Gasteiger partial charge in [-0.1, -0.05) is 41.3 Å². The minimum Gasteiger partial charge on any atom is -0.367 e. The number of benzene rings is 1. The zero-order chi connectivity index (χ0) is 13.6. The van der Waals surface area contributed by atoms with Crippen LogP contribution in [0.5, 0.6) is 0 Å². The van der Waals surface area contributed by atoms with Crippen molar-refractivity contribution < 1.29 is 4.52 Å². The van der Waals surface area contributed by atoms with E-state index in [0.717, 1.165) is 11.3 Å². The van der Waals surface area contributed by atoms with Gasteiger partial charge in [0, 0.05) is 11.5 Å². The largest absolute Gasteiger partial charge is 0.367 e. The second-order valence-corrected chi connectivity index (χ2v) is 5.84. The van der Waals surface area contributed by atoms with Gasteiger partial charge in [-0.05, 0) is 30.9 Å². The molecule has 100 valence electrons. The number of aromatic nitrogens is 1. The number of anilines is 1. The van der Waals surface area contributed by atoms with Crippen molar-refractivity contribution >= 4 is 29.1 Å². The molecule has 1 saturated carbocycles. The van der Waals surface area contributed by atoms with Gasteiger partial charge in [0.2, 0.25) is 5.88 Å². The molecule has 3 rings (SSSR count). The molecule has 0 aliphatic heterocycles. The Morgan fingerprint density at radius 2 is 1.89 bits per heavy atom. The van der Waals surface area contributed by atoms with E-state index in [2.05, 4.69) is 12.1 Å². The Labute approximate surface area is 121 Å². The van der Waals surface area contributed by atoms with Gasteiger partial charge < -0.3 is 10.3 Å². The highest BCUT2D eigenvalue weighted by atomic mass is 35.5. The lowest BCUT2D eigenvalue weighted by Crippen LogP contribution is -1.99. The summed E-state index contributed by atoms with van der Waals surface area (Å²) >= 11 is 12.5. The van der Waals surface area contributed by atoms with Gasteiger partial charge in [-0.2, -0.15) is 0 Å². The van der Waals surface area contributed by atoms with Crippen LogP contribution in [-0.2, 0) is 0 Å². The van der Waals surface area contributed by atoms with Crippen LogP contribution in [0.2, 0.25) is 10.0 Å². The summed E-state index contributed by atoms with van der Waals surface area (Å²) in [6.45, 7) is 2.14. The lowest BCUT2D eigenvalue weighted by atomic mass is 9.94. The van der Waals surface area contributed by atoms with Gasteiger partial charge >= 0.3 is 0 Å². The third-order valence-corrected chi connectivity index (χ3v) is 4.35. The minimum atomic E-state index is 0.275. The molecule has 0 saturated heterocycles. The lowest BCUT2D eigenvalue weighted by Gasteiger charge is -2.11. The fraction of sp³-hybridized carbons (Fsp3) is 0.357. The molecule has 1 atom stereocenters. The molecule has 1 unspecified atom stereocenters. The van der Waals surface area contributed by atoms with Crippen LogP contribution in [0.25, 0.3) is 11.1 Å². The summed E-state index contributed by atoms with van der Waals surface area (Å²) in [5, 5.41) is 5.24. The van der Waals surface area contributed by atoms with E-state index in [4.69, 9.17) is 33.5 Å². The van der Waals surface area contributed by atoms with Crippen LogP contribution < -0.4 is 5.73 Å². The molecule has 1 aliphatic carbocycles. The third-order valence-electron chi connectivity index (χ3n) is 3.72. The maximum absolute atomic E-state index is 6.26. The number of halogens is 2. The fourth-order valence-corrected chi connectivity index (χ4v) is 3.02. The third kappa shape index (κ3) is 2.21.